The van der Waals surface area contributed by atoms with E-state index in [1.807, 2.05) is 54.9 Å². The molecule has 94 valence electrons. The van der Waals surface area contributed by atoms with Gasteiger partial charge in [0.15, 0.2) is 6.29 Å². The Balaban J connectivity index is 1.88. The maximum absolute atomic E-state index is 11.0. The first-order chi connectivity index (χ1) is 9.38. The van der Waals surface area contributed by atoms with Crippen LogP contribution in [0.25, 0.3) is 10.9 Å². The van der Waals surface area contributed by atoms with Crippen molar-refractivity contribution < 1.29 is 4.79 Å². The molecule has 2 aromatic heterocycles. The van der Waals surface area contributed by atoms with E-state index >= 15 is 0 Å². The molecule has 1 aromatic carbocycles. The Bertz CT molecular complexity index is 701. The van der Waals surface area contributed by atoms with Crippen LogP contribution in [0.5, 0.6) is 0 Å². The van der Waals surface area contributed by atoms with Gasteiger partial charge in [-0.3, -0.25) is 9.78 Å². The predicted molar refractivity (Wildman–Crippen MR) is 75.3 cm³/mol. The monoisotopic (exact) mass is 250 g/mol. The summed E-state index contributed by atoms with van der Waals surface area (Å²) in [5, 5.41) is 1.01. The summed E-state index contributed by atoms with van der Waals surface area (Å²) < 4.78 is 2.16. The molecule has 0 unspecified atom stereocenters. The average molecular weight is 250 g/mol. The Labute approximate surface area is 111 Å². The van der Waals surface area contributed by atoms with Crippen LogP contribution in [0.1, 0.15) is 16.1 Å². The van der Waals surface area contributed by atoms with E-state index in [2.05, 4.69) is 9.55 Å². The highest BCUT2D eigenvalue weighted by atomic mass is 16.1. The zero-order valence-corrected chi connectivity index (χ0v) is 10.5. The van der Waals surface area contributed by atoms with Crippen molar-refractivity contribution in [2.45, 2.75) is 13.0 Å². The third-order valence-corrected chi connectivity index (χ3v) is 3.31. The summed E-state index contributed by atoms with van der Waals surface area (Å²) in [6.45, 7) is 0.864. The van der Waals surface area contributed by atoms with E-state index in [0.717, 1.165) is 41.4 Å². The van der Waals surface area contributed by atoms with Gasteiger partial charge in [0, 0.05) is 47.5 Å². The molecule has 0 N–H and O–H groups in total. The molecular weight excluding hydrogens is 236 g/mol. The molecule has 0 saturated carbocycles. The third kappa shape index (κ3) is 2.27. The minimum absolute atomic E-state index is 0.745. The van der Waals surface area contributed by atoms with Crippen molar-refractivity contribution in [3.05, 3.63) is 66.1 Å². The van der Waals surface area contributed by atoms with Gasteiger partial charge >= 0.3 is 0 Å². The van der Waals surface area contributed by atoms with Gasteiger partial charge in [-0.25, -0.2) is 0 Å². The van der Waals surface area contributed by atoms with Gasteiger partial charge in [-0.1, -0.05) is 18.2 Å². The fraction of sp³-hybridized carbons (Fsp3) is 0.125. The van der Waals surface area contributed by atoms with E-state index in [1.165, 1.54) is 0 Å². The van der Waals surface area contributed by atoms with Crippen LogP contribution >= 0.6 is 0 Å². The van der Waals surface area contributed by atoms with Crippen molar-refractivity contribution in [3.63, 3.8) is 0 Å². The Hall–Kier alpha value is -2.42. The molecule has 0 spiro atoms. The van der Waals surface area contributed by atoms with Crippen molar-refractivity contribution in [2.75, 3.05) is 0 Å². The molecule has 19 heavy (non-hydrogen) atoms. The maximum atomic E-state index is 11.0. The zero-order chi connectivity index (χ0) is 13.1. The highest BCUT2D eigenvalue weighted by molar-refractivity contribution is 5.97. The lowest BCUT2D eigenvalue weighted by Gasteiger charge is -2.05. The van der Waals surface area contributed by atoms with Gasteiger partial charge in [0.2, 0.25) is 0 Å². The van der Waals surface area contributed by atoms with E-state index in [4.69, 9.17) is 0 Å². The molecule has 0 aliphatic rings. The maximum Gasteiger partial charge on any atom is 0.150 e. The van der Waals surface area contributed by atoms with Crippen LogP contribution in [0.3, 0.4) is 0 Å². The summed E-state index contributed by atoms with van der Waals surface area (Å²) in [6, 6.07) is 13.8. The second kappa shape index (κ2) is 5.06. The molecule has 0 atom stereocenters. The number of aromatic nitrogens is 2. The Morgan fingerprint density at radius 1 is 1.11 bits per heavy atom. The van der Waals surface area contributed by atoms with Crippen LogP contribution in [-0.4, -0.2) is 15.8 Å². The van der Waals surface area contributed by atoms with E-state index in [0.29, 0.717) is 0 Å². The van der Waals surface area contributed by atoms with Gasteiger partial charge in [0.25, 0.3) is 0 Å². The third-order valence-electron chi connectivity index (χ3n) is 3.31. The Morgan fingerprint density at radius 2 is 2.05 bits per heavy atom. The summed E-state index contributed by atoms with van der Waals surface area (Å²) in [5.41, 5.74) is 2.92. The van der Waals surface area contributed by atoms with Crippen molar-refractivity contribution in [3.8, 4) is 0 Å². The molecule has 0 aliphatic carbocycles. The highest BCUT2D eigenvalue weighted by Crippen LogP contribution is 2.19. The minimum atomic E-state index is 0.745. The Kier molecular flexibility index (Phi) is 3.11. The number of hydrogen-bond acceptors (Lipinski definition) is 2. The Morgan fingerprint density at radius 3 is 2.84 bits per heavy atom. The van der Waals surface area contributed by atoms with E-state index < -0.39 is 0 Å². The van der Waals surface area contributed by atoms with Crippen LogP contribution in [0.4, 0.5) is 0 Å². The van der Waals surface area contributed by atoms with Gasteiger partial charge < -0.3 is 4.57 Å². The van der Waals surface area contributed by atoms with Crippen molar-refractivity contribution in [1.29, 1.82) is 0 Å². The standard InChI is InChI=1S/C16H14N2O/c19-12-13-4-3-6-16-15(13)8-11-18(16)10-7-14-5-1-2-9-17-14/h1-6,8-9,11-12H,7,10H2. The molecule has 0 bridgehead atoms. The number of aldehydes is 1. The fourth-order valence-corrected chi connectivity index (χ4v) is 2.33. The number of carbonyl (C=O) groups excluding carboxylic acids is 1. The number of carbonyl (C=O) groups is 1. The van der Waals surface area contributed by atoms with Crippen LogP contribution in [0.2, 0.25) is 0 Å². The summed E-state index contributed by atoms with van der Waals surface area (Å²) >= 11 is 0. The van der Waals surface area contributed by atoms with E-state index in [1.54, 1.807) is 0 Å². The number of fused-ring (bicyclic) bond motifs is 1. The van der Waals surface area contributed by atoms with Gasteiger partial charge in [0.1, 0.15) is 0 Å². The largest absolute Gasteiger partial charge is 0.347 e. The number of benzene rings is 1. The molecule has 3 rings (SSSR count). The number of nitrogens with zero attached hydrogens (tertiary/aromatic N) is 2. The molecule has 3 heteroatoms. The first-order valence-electron chi connectivity index (χ1n) is 6.31. The van der Waals surface area contributed by atoms with Crippen molar-refractivity contribution in [1.82, 2.24) is 9.55 Å². The number of aryl methyl sites for hydroxylation is 2. The van der Waals surface area contributed by atoms with Crippen molar-refractivity contribution in [2.24, 2.45) is 0 Å². The first-order valence-corrected chi connectivity index (χ1v) is 6.31. The lowest BCUT2D eigenvalue weighted by molar-refractivity contribution is 0.112. The molecule has 2 heterocycles. The van der Waals surface area contributed by atoms with Crippen molar-refractivity contribution >= 4 is 17.2 Å². The lowest BCUT2D eigenvalue weighted by Crippen LogP contribution is -2.01. The van der Waals surface area contributed by atoms with Crippen LogP contribution in [-0.2, 0) is 13.0 Å². The van der Waals surface area contributed by atoms with Crippen LogP contribution < -0.4 is 0 Å². The normalized spacial score (nSPS) is 10.7. The topological polar surface area (TPSA) is 34.9 Å². The minimum Gasteiger partial charge on any atom is -0.347 e. The highest BCUT2D eigenvalue weighted by Gasteiger charge is 2.05. The first kappa shape index (κ1) is 11.7. The molecule has 0 saturated heterocycles. The van der Waals surface area contributed by atoms with Gasteiger partial charge in [0.05, 0.1) is 0 Å². The summed E-state index contributed by atoms with van der Waals surface area (Å²) in [7, 11) is 0. The summed E-state index contributed by atoms with van der Waals surface area (Å²) in [5.74, 6) is 0. The molecule has 3 aromatic rings. The molecule has 0 fully saturated rings. The summed E-state index contributed by atoms with van der Waals surface area (Å²) in [6.07, 6.45) is 5.63. The van der Waals surface area contributed by atoms with Crippen LogP contribution in [0.15, 0.2) is 54.9 Å². The number of hydrogen-bond donors (Lipinski definition) is 0. The summed E-state index contributed by atoms with van der Waals surface area (Å²) in [4.78, 5) is 15.3. The van der Waals surface area contributed by atoms with Gasteiger partial charge in [-0.05, 0) is 24.3 Å². The second-order valence-electron chi connectivity index (χ2n) is 4.48. The molecular formula is C16H14N2O. The second-order valence-corrected chi connectivity index (χ2v) is 4.48. The SMILES string of the molecule is O=Cc1cccc2c1ccn2CCc1ccccn1. The molecule has 0 aliphatic heterocycles. The van der Waals surface area contributed by atoms with Gasteiger partial charge in [-0.15, -0.1) is 0 Å². The number of rotatable bonds is 4. The van der Waals surface area contributed by atoms with E-state index in [-0.39, 0.29) is 0 Å². The zero-order valence-electron chi connectivity index (χ0n) is 10.5. The average Bonchev–Trinajstić information content (AvgIpc) is 2.89. The van der Waals surface area contributed by atoms with Gasteiger partial charge in [-0.2, -0.15) is 0 Å². The van der Waals surface area contributed by atoms with Crippen LogP contribution in [0, 0.1) is 0 Å². The van der Waals surface area contributed by atoms with E-state index in [9.17, 15) is 4.79 Å². The molecule has 0 radical (unpaired) electrons. The number of pyridine rings is 1. The quantitative estimate of drug-likeness (QED) is 0.667. The lowest BCUT2D eigenvalue weighted by atomic mass is 10.1. The fourth-order valence-electron chi connectivity index (χ4n) is 2.33. The predicted octanol–water partition coefficient (Wildman–Crippen LogP) is 3.09. The smallest absolute Gasteiger partial charge is 0.150 e. The molecule has 3 nitrogen and oxygen atoms in total. The molecule has 0 amide bonds.